The second-order valence-corrected chi connectivity index (χ2v) is 7.52. The van der Waals surface area contributed by atoms with Crippen LogP contribution in [-0.2, 0) is 19.6 Å². The number of halogens is 1. The van der Waals surface area contributed by atoms with Gasteiger partial charge in [0.15, 0.2) is 0 Å². The van der Waals surface area contributed by atoms with E-state index in [0.29, 0.717) is 22.6 Å². The summed E-state index contributed by atoms with van der Waals surface area (Å²) in [5.41, 5.74) is 1.20. The zero-order chi connectivity index (χ0) is 17.6. The molecule has 0 bridgehead atoms. The smallest absolute Gasteiger partial charge is 0.324 e. The number of hydrogen-bond acceptors (Lipinski definition) is 4. The Kier molecular flexibility index (Phi) is 7.51. The van der Waals surface area contributed by atoms with Crippen LogP contribution in [0.2, 0.25) is 5.02 Å². The molecule has 0 heterocycles. The number of unbranched alkanes of at least 4 members (excludes halogenated alkanes) is 1. The van der Waals surface area contributed by atoms with Gasteiger partial charge in [0, 0.05) is 5.02 Å². The third-order valence-electron chi connectivity index (χ3n) is 3.46. The monoisotopic (exact) mass is 361 g/mol. The van der Waals surface area contributed by atoms with Crippen LogP contribution in [0, 0.1) is 13.8 Å². The molecule has 23 heavy (non-hydrogen) atoms. The molecular weight excluding hydrogens is 338 g/mol. The van der Waals surface area contributed by atoms with Crippen molar-refractivity contribution < 1.29 is 17.9 Å². The Morgan fingerprint density at radius 3 is 2.48 bits per heavy atom. The van der Waals surface area contributed by atoms with E-state index >= 15 is 0 Å². The molecule has 0 aliphatic rings. The summed E-state index contributed by atoms with van der Waals surface area (Å²) in [7, 11) is -3.83. The first-order valence-corrected chi connectivity index (χ1v) is 9.54. The lowest BCUT2D eigenvalue weighted by molar-refractivity contribution is -0.145. The van der Waals surface area contributed by atoms with Crippen LogP contribution in [0.15, 0.2) is 17.0 Å². The number of sulfonamides is 1. The van der Waals surface area contributed by atoms with Crippen LogP contribution in [0.25, 0.3) is 0 Å². The summed E-state index contributed by atoms with van der Waals surface area (Å²) in [6.45, 7) is 7.29. The molecule has 1 aromatic carbocycles. The molecule has 0 fully saturated rings. The summed E-state index contributed by atoms with van der Waals surface area (Å²) in [4.78, 5) is 12.1. The minimum Gasteiger partial charge on any atom is -0.465 e. The van der Waals surface area contributed by atoms with E-state index in [1.165, 1.54) is 6.07 Å². The summed E-state index contributed by atoms with van der Waals surface area (Å²) in [5, 5.41) is 0.509. The highest BCUT2D eigenvalue weighted by Crippen LogP contribution is 2.24. The fourth-order valence-electron chi connectivity index (χ4n) is 2.17. The summed E-state index contributed by atoms with van der Waals surface area (Å²) >= 11 is 6.01. The number of ether oxygens (including phenoxy) is 1. The lowest BCUT2D eigenvalue weighted by Gasteiger charge is -2.18. The number of hydrogen-bond donors (Lipinski definition) is 1. The van der Waals surface area contributed by atoms with Crippen molar-refractivity contribution in [2.75, 3.05) is 6.61 Å². The van der Waals surface area contributed by atoms with Gasteiger partial charge >= 0.3 is 5.97 Å². The quantitative estimate of drug-likeness (QED) is 0.720. The number of carbonyl (C=O) groups excluding carboxylic acids is 1. The number of carbonyl (C=O) groups is 1. The van der Waals surface area contributed by atoms with Gasteiger partial charge in [-0.15, -0.1) is 0 Å². The van der Waals surface area contributed by atoms with E-state index in [9.17, 15) is 13.2 Å². The maximum Gasteiger partial charge on any atom is 0.324 e. The van der Waals surface area contributed by atoms with Gasteiger partial charge < -0.3 is 4.74 Å². The van der Waals surface area contributed by atoms with Crippen LogP contribution in [-0.4, -0.2) is 27.0 Å². The largest absolute Gasteiger partial charge is 0.465 e. The van der Waals surface area contributed by atoms with Crippen LogP contribution in [0.1, 0.15) is 44.2 Å². The highest BCUT2D eigenvalue weighted by atomic mass is 35.5. The van der Waals surface area contributed by atoms with E-state index in [0.717, 1.165) is 12.8 Å². The Morgan fingerprint density at radius 1 is 1.26 bits per heavy atom. The van der Waals surface area contributed by atoms with Gasteiger partial charge in [0.25, 0.3) is 0 Å². The van der Waals surface area contributed by atoms with E-state index in [1.54, 1.807) is 26.8 Å². The standard InChI is InChI=1S/C16H24ClNO4S/c1-5-7-8-14(16(19)22-6-2)18-23(20,21)15-10-11(3)13(17)9-12(15)4/h9-10,14,18H,5-8H2,1-4H3. The fourth-order valence-corrected chi connectivity index (χ4v) is 3.92. The Hall–Kier alpha value is -1.11. The average Bonchev–Trinajstić information content (AvgIpc) is 2.47. The minimum atomic E-state index is -3.83. The molecule has 0 saturated carbocycles. The molecule has 1 unspecified atom stereocenters. The van der Waals surface area contributed by atoms with Crippen molar-refractivity contribution in [2.45, 2.75) is 57.9 Å². The van der Waals surface area contributed by atoms with Crippen LogP contribution in [0.4, 0.5) is 0 Å². The SMILES string of the molecule is CCCCC(NS(=O)(=O)c1cc(C)c(Cl)cc1C)C(=O)OCC. The first-order chi connectivity index (χ1) is 10.7. The third kappa shape index (κ3) is 5.48. The number of esters is 1. The lowest BCUT2D eigenvalue weighted by atomic mass is 10.1. The Bertz CT molecular complexity index is 658. The highest BCUT2D eigenvalue weighted by molar-refractivity contribution is 7.89. The van der Waals surface area contributed by atoms with E-state index in [-0.39, 0.29) is 11.5 Å². The fraction of sp³-hybridized carbons (Fsp3) is 0.562. The van der Waals surface area contributed by atoms with Gasteiger partial charge in [-0.3, -0.25) is 4.79 Å². The number of nitrogens with one attached hydrogen (secondary N) is 1. The molecule has 1 rings (SSSR count). The van der Waals surface area contributed by atoms with Crippen molar-refractivity contribution in [3.8, 4) is 0 Å². The van der Waals surface area contributed by atoms with Crippen molar-refractivity contribution in [1.82, 2.24) is 4.72 Å². The molecule has 1 atom stereocenters. The van der Waals surface area contributed by atoms with E-state index < -0.39 is 22.0 Å². The molecule has 1 aromatic rings. The van der Waals surface area contributed by atoms with Crippen LogP contribution in [0.5, 0.6) is 0 Å². The van der Waals surface area contributed by atoms with E-state index in [2.05, 4.69) is 4.72 Å². The molecule has 1 N–H and O–H groups in total. The van der Waals surface area contributed by atoms with Gasteiger partial charge in [-0.1, -0.05) is 31.4 Å². The molecule has 5 nitrogen and oxygen atoms in total. The molecular formula is C16H24ClNO4S. The summed E-state index contributed by atoms with van der Waals surface area (Å²) in [5.74, 6) is -0.548. The predicted octanol–water partition coefficient (Wildman–Crippen LogP) is 3.36. The van der Waals surface area contributed by atoms with Gasteiger partial charge in [-0.2, -0.15) is 4.72 Å². The molecule has 0 spiro atoms. The summed E-state index contributed by atoms with van der Waals surface area (Å²) < 4.78 is 32.7. The molecule has 130 valence electrons. The maximum absolute atomic E-state index is 12.6. The number of aryl methyl sites for hydroxylation is 2. The van der Waals surface area contributed by atoms with Crippen molar-refractivity contribution in [2.24, 2.45) is 0 Å². The van der Waals surface area contributed by atoms with Gasteiger partial charge in [0.05, 0.1) is 11.5 Å². The van der Waals surface area contributed by atoms with Gasteiger partial charge in [-0.25, -0.2) is 8.42 Å². The molecule has 0 aromatic heterocycles. The number of rotatable bonds is 8. The zero-order valence-corrected chi connectivity index (χ0v) is 15.6. The van der Waals surface area contributed by atoms with Gasteiger partial charge in [0.1, 0.15) is 6.04 Å². The molecule has 0 amide bonds. The Morgan fingerprint density at radius 2 is 1.91 bits per heavy atom. The molecule has 0 aliphatic carbocycles. The zero-order valence-electron chi connectivity index (χ0n) is 14.0. The second-order valence-electron chi connectivity index (χ2n) is 5.44. The average molecular weight is 362 g/mol. The van der Waals surface area contributed by atoms with Crippen LogP contribution >= 0.6 is 11.6 Å². The second kappa shape index (κ2) is 8.66. The normalized spacial score (nSPS) is 12.9. The third-order valence-corrected chi connectivity index (χ3v) is 5.48. The van der Waals surface area contributed by atoms with E-state index in [1.807, 2.05) is 6.92 Å². The van der Waals surface area contributed by atoms with Crippen molar-refractivity contribution in [3.63, 3.8) is 0 Å². The molecule has 0 saturated heterocycles. The maximum atomic E-state index is 12.6. The topological polar surface area (TPSA) is 72.5 Å². The van der Waals surface area contributed by atoms with Crippen molar-refractivity contribution in [3.05, 3.63) is 28.3 Å². The van der Waals surface area contributed by atoms with Crippen molar-refractivity contribution in [1.29, 1.82) is 0 Å². The summed E-state index contributed by atoms with van der Waals surface area (Å²) in [6.07, 6.45) is 1.99. The van der Waals surface area contributed by atoms with E-state index in [4.69, 9.17) is 16.3 Å². The van der Waals surface area contributed by atoms with Crippen molar-refractivity contribution >= 4 is 27.6 Å². The Labute approximate surface area is 143 Å². The molecule has 0 aliphatic heterocycles. The first-order valence-electron chi connectivity index (χ1n) is 7.68. The molecule has 0 radical (unpaired) electrons. The van der Waals surface area contributed by atoms with Crippen LogP contribution < -0.4 is 4.72 Å². The Balaban J connectivity index is 3.10. The highest BCUT2D eigenvalue weighted by Gasteiger charge is 2.27. The van der Waals surface area contributed by atoms with Crippen LogP contribution in [0.3, 0.4) is 0 Å². The predicted molar refractivity (Wildman–Crippen MR) is 91.2 cm³/mol. The molecule has 7 heteroatoms. The van der Waals surface area contributed by atoms with Gasteiger partial charge in [0.2, 0.25) is 10.0 Å². The lowest BCUT2D eigenvalue weighted by Crippen LogP contribution is -2.42. The summed E-state index contributed by atoms with van der Waals surface area (Å²) in [6, 6.07) is 2.24. The number of benzene rings is 1. The van der Waals surface area contributed by atoms with Gasteiger partial charge in [-0.05, 0) is 50.5 Å². The first kappa shape index (κ1) is 19.9. The minimum absolute atomic E-state index is 0.130.